The van der Waals surface area contributed by atoms with Gasteiger partial charge >= 0.3 is 12.0 Å². The number of carboxylic acids is 1. The summed E-state index contributed by atoms with van der Waals surface area (Å²) in [5, 5.41) is 14.0. The Morgan fingerprint density at radius 3 is 2.19 bits per heavy atom. The van der Waals surface area contributed by atoms with Gasteiger partial charge in [-0.3, -0.25) is 14.5 Å². The first-order valence-electron chi connectivity index (χ1n) is 6.48. The maximum absolute atomic E-state index is 12.0. The largest absolute Gasteiger partial charge is 0.480 e. The molecule has 114 valence electrons. The summed E-state index contributed by atoms with van der Waals surface area (Å²) in [6, 6.07) is 6.45. The molecule has 7 nitrogen and oxygen atoms in total. The van der Waals surface area contributed by atoms with Gasteiger partial charge in [0.25, 0.3) is 0 Å². The van der Waals surface area contributed by atoms with E-state index in [1.165, 1.54) is 6.92 Å². The van der Waals surface area contributed by atoms with Crippen molar-refractivity contribution in [1.82, 2.24) is 10.6 Å². The Morgan fingerprint density at radius 2 is 1.67 bits per heavy atom. The molecule has 1 aromatic carbocycles. The average molecular weight is 293 g/mol. The van der Waals surface area contributed by atoms with E-state index >= 15 is 0 Å². The lowest BCUT2D eigenvalue weighted by molar-refractivity contribution is -0.135. The molecule has 0 aliphatic heterocycles. The zero-order chi connectivity index (χ0) is 15.8. The summed E-state index contributed by atoms with van der Waals surface area (Å²) in [5.74, 6) is -1.29. The van der Waals surface area contributed by atoms with Crippen molar-refractivity contribution >= 4 is 23.6 Å². The third kappa shape index (κ3) is 5.94. The Kier molecular flexibility index (Phi) is 6.19. The number of benzene rings is 1. The highest BCUT2D eigenvalue weighted by molar-refractivity contribution is 5.96. The van der Waals surface area contributed by atoms with Crippen molar-refractivity contribution < 1.29 is 19.5 Å². The zero-order valence-electron chi connectivity index (χ0n) is 12.0. The molecule has 0 fully saturated rings. The van der Waals surface area contributed by atoms with Crippen molar-refractivity contribution in [3.8, 4) is 0 Å². The summed E-state index contributed by atoms with van der Waals surface area (Å²) in [5.41, 5.74) is 1.51. The first-order chi connectivity index (χ1) is 9.90. The molecule has 0 heterocycles. The first-order valence-corrected chi connectivity index (χ1v) is 6.48. The molecule has 3 N–H and O–H groups in total. The van der Waals surface area contributed by atoms with E-state index in [0.29, 0.717) is 5.69 Å². The highest BCUT2D eigenvalue weighted by Gasteiger charge is 2.18. The van der Waals surface area contributed by atoms with Crippen molar-refractivity contribution in [2.24, 2.45) is 0 Å². The van der Waals surface area contributed by atoms with E-state index in [4.69, 9.17) is 5.11 Å². The van der Waals surface area contributed by atoms with E-state index in [1.54, 1.807) is 24.3 Å². The van der Waals surface area contributed by atoms with Crippen LogP contribution in [0.1, 0.15) is 12.5 Å². The van der Waals surface area contributed by atoms with Gasteiger partial charge in [-0.15, -0.1) is 0 Å². The number of carboxylic acid groups (broad SMARTS) is 1. The molecule has 0 radical (unpaired) electrons. The van der Waals surface area contributed by atoms with Gasteiger partial charge in [-0.2, -0.15) is 0 Å². The highest BCUT2D eigenvalue weighted by Crippen LogP contribution is 2.15. The lowest BCUT2D eigenvalue weighted by Gasteiger charge is -2.21. The Labute approximate surface area is 122 Å². The van der Waals surface area contributed by atoms with Gasteiger partial charge in [0.2, 0.25) is 5.91 Å². The van der Waals surface area contributed by atoms with Crippen LogP contribution in [0.4, 0.5) is 10.5 Å². The fraction of sp³-hybridized carbons (Fsp3) is 0.357. The van der Waals surface area contributed by atoms with Crippen LogP contribution in [0, 0.1) is 6.92 Å². The standard InChI is InChI=1S/C14H19N3O4/c1-10-3-5-12(6-4-10)17(9-13(19)20)14(21)16-8-7-15-11(2)18/h3-6H,7-9H2,1-2H3,(H,15,18)(H,16,21)(H,19,20). The number of hydrogen-bond donors (Lipinski definition) is 3. The van der Waals surface area contributed by atoms with Crippen LogP contribution >= 0.6 is 0 Å². The fourth-order valence-corrected chi connectivity index (χ4v) is 1.64. The number of amides is 3. The molecule has 0 saturated heterocycles. The second-order valence-corrected chi connectivity index (χ2v) is 4.53. The number of anilines is 1. The number of carbonyl (C=O) groups is 3. The van der Waals surface area contributed by atoms with Crippen LogP contribution in [0.2, 0.25) is 0 Å². The minimum absolute atomic E-state index is 0.190. The molecule has 0 saturated carbocycles. The Hall–Kier alpha value is -2.57. The van der Waals surface area contributed by atoms with Gasteiger partial charge in [-0.1, -0.05) is 17.7 Å². The third-order valence-electron chi connectivity index (χ3n) is 2.66. The normalized spacial score (nSPS) is 9.81. The second-order valence-electron chi connectivity index (χ2n) is 4.53. The quantitative estimate of drug-likeness (QED) is 0.673. The van der Waals surface area contributed by atoms with E-state index in [2.05, 4.69) is 10.6 Å². The molecule has 0 aliphatic rings. The van der Waals surface area contributed by atoms with Gasteiger partial charge in [0.1, 0.15) is 6.54 Å². The van der Waals surface area contributed by atoms with Gasteiger partial charge < -0.3 is 15.7 Å². The molecule has 3 amide bonds. The lowest BCUT2D eigenvalue weighted by Crippen LogP contribution is -2.45. The average Bonchev–Trinajstić information content (AvgIpc) is 2.41. The van der Waals surface area contributed by atoms with Gasteiger partial charge in [0, 0.05) is 25.7 Å². The Balaban J connectivity index is 2.68. The van der Waals surface area contributed by atoms with Gasteiger partial charge in [-0.05, 0) is 19.1 Å². The number of rotatable bonds is 6. The minimum Gasteiger partial charge on any atom is -0.480 e. The predicted octanol–water partition coefficient (Wildman–Crippen LogP) is 0.732. The predicted molar refractivity (Wildman–Crippen MR) is 78.2 cm³/mol. The van der Waals surface area contributed by atoms with Crippen LogP contribution in [0.25, 0.3) is 0 Å². The third-order valence-corrected chi connectivity index (χ3v) is 2.66. The molecule has 0 unspecified atom stereocenters. The molecular weight excluding hydrogens is 274 g/mol. The van der Waals surface area contributed by atoms with Gasteiger partial charge in [0.05, 0.1) is 0 Å². The van der Waals surface area contributed by atoms with Crippen LogP contribution in [0.5, 0.6) is 0 Å². The van der Waals surface area contributed by atoms with Crippen LogP contribution in [0.15, 0.2) is 24.3 Å². The van der Waals surface area contributed by atoms with Crippen LogP contribution < -0.4 is 15.5 Å². The zero-order valence-corrected chi connectivity index (χ0v) is 12.0. The number of aryl methyl sites for hydroxylation is 1. The smallest absolute Gasteiger partial charge is 0.323 e. The molecule has 1 rings (SSSR count). The summed E-state index contributed by atoms with van der Waals surface area (Å²) in [4.78, 5) is 34.8. The molecule has 0 bridgehead atoms. The second kappa shape index (κ2) is 7.88. The summed E-state index contributed by atoms with van der Waals surface area (Å²) in [6.45, 7) is 3.36. The molecule has 21 heavy (non-hydrogen) atoms. The minimum atomic E-state index is -1.10. The molecular formula is C14H19N3O4. The van der Waals surface area contributed by atoms with Crippen molar-refractivity contribution in [2.45, 2.75) is 13.8 Å². The van der Waals surface area contributed by atoms with Crippen molar-refractivity contribution in [1.29, 1.82) is 0 Å². The summed E-state index contributed by atoms with van der Waals surface area (Å²) < 4.78 is 0. The van der Waals surface area contributed by atoms with Gasteiger partial charge in [0.15, 0.2) is 0 Å². The first kappa shape index (κ1) is 16.5. The monoisotopic (exact) mass is 293 g/mol. The fourth-order valence-electron chi connectivity index (χ4n) is 1.64. The topological polar surface area (TPSA) is 98.7 Å². The molecule has 0 aliphatic carbocycles. The molecule has 0 aromatic heterocycles. The number of nitrogens with one attached hydrogen (secondary N) is 2. The highest BCUT2D eigenvalue weighted by atomic mass is 16.4. The van der Waals surface area contributed by atoms with Crippen LogP contribution in [-0.2, 0) is 9.59 Å². The maximum Gasteiger partial charge on any atom is 0.323 e. The SMILES string of the molecule is CC(=O)NCCNC(=O)N(CC(=O)O)c1ccc(C)cc1. The number of urea groups is 1. The van der Waals surface area contributed by atoms with Gasteiger partial charge in [-0.25, -0.2) is 4.79 Å². The molecule has 7 heteroatoms. The molecule has 0 atom stereocenters. The van der Waals surface area contributed by atoms with E-state index in [0.717, 1.165) is 10.5 Å². The Morgan fingerprint density at radius 1 is 1.10 bits per heavy atom. The van der Waals surface area contributed by atoms with E-state index < -0.39 is 18.5 Å². The summed E-state index contributed by atoms with van der Waals surface area (Å²) in [7, 11) is 0. The number of hydrogen-bond acceptors (Lipinski definition) is 3. The summed E-state index contributed by atoms with van der Waals surface area (Å²) >= 11 is 0. The van der Waals surface area contributed by atoms with E-state index in [1.807, 2.05) is 6.92 Å². The molecule has 0 spiro atoms. The lowest BCUT2D eigenvalue weighted by atomic mass is 10.2. The number of carbonyl (C=O) groups excluding carboxylic acids is 2. The number of nitrogens with zero attached hydrogens (tertiary/aromatic N) is 1. The van der Waals surface area contributed by atoms with Crippen LogP contribution in [-0.4, -0.2) is 42.6 Å². The summed E-state index contributed by atoms with van der Waals surface area (Å²) in [6.07, 6.45) is 0. The molecule has 1 aromatic rings. The Bertz CT molecular complexity index is 513. The van der Waals surface area contributed by atoms with E-state index in [9.17, 15) is 14.4 Å². The number of aliphatic carboxylic acids is 1. The van der Waals surface area contributed by atoms with Crippen molar-refractivity contribution in [2.75, 3.05) is 24.5 Å². The van der Waals surface area contributed by atoms with Crippen molar-refractivity contribution in [3.05, 3.63) is 29.8 Å². The maximum atomic E-state index is 12.0. The van der Waals surface area contributed by atoms with Crippen LogP contribution in [0.3, 0.4) is 0 Å². The van der Waals surface area contributed by atoms with E-state index in [-0.39, 0.29) is 19.0 Å². The van der Waals surface area contributed by atoms with Crippen molar-refractivity contribution in [3.63, 3.8) is 0 Å².